The summed E-state index contributed by atoms with van der Waals surface area (Å²) in [6.07, 6.45) is 10.7. The van der Waals surface area contributed by atoms with E-state index >= 15 is 0 Å². The second kappa shape index (κ2) is 13.2. The highest BCUT2D eigenvalue weighted by Gasteiger charge is 2.27. The summed E-state index contributed by atoms with van der Waals surface area (Å²) in [4.78, 5) is 12.6. The molecule has 0 radical (unpaired) electrons. The molecule has 0 unspecified atom stereocenters. The average Bonchev–Trinajstić information content (AvgIpc) is 2.85. The average molecular weight is 501 g/mol. The van der Waals surface area contributed by atoms with Crippen LogP contribution >= 0.6 is 0 Å². The van der Waals surface area contributed by atoms with Crippen molar-refractivity contribution in [2.24, 2.45) is 17.3 Å². The molecule has 3 nitrogen and oxygen atoms in total. The first-order valence-corrected chi connectivity index (χ1v) is 13.6. The minimum atomic E-state index is -0.982. The highest BCUT2D eigenvalue weighted by Crippen LogP contribution is 2.34. The van der Waals surface area contributed by atoms with Crippen molar-refractivity contribution >= 4 is 5.97 Å². The summed E-state index contributed by atoms with van der Waals surface area (Å²) in [7, 11) is 0. The van der Waals surface area contributed by atoms with Crippen LogP contribution in [0.15, 0.2) is 36.4 Å². The zero-order chi connectivity index (χ0) is 26.1. The van der Waals surface area contributed by atoms with Crippen molar-refractivity contribution in [2.45, 2.75) is 91.9 Å². The van der Waals surface area contributed by atoms with Gasteiger partial charge in [-0.15, -0.1) is 0 Å². The maximum absolute atomic E-state index is 14.8. The van der Waals surface area contributed by atoms with Gasteiger partial charge in [0, 0.05) is 5.56 Å². The highest BCUT2D eigenvalue weighted by atomic mass is 19.2. The summed E-state index contributed by atoms with van der Waals surface area (Å²) in [5, 5.41) is 0. The van der Waals surface area contributed by atoms with Crippen molar-refractivity contribution in [3.05, 3.63) is 48.0 Å². The van der Waals surface area contributed by atoms with E-state index in [0.717, 1.165) is 44.4 Å². The smallest absolute Gasteiger partial charge is 0.314 e. The molecule has 0 aromatic heterocycles. The SMILES string of the molecule is CCCCCC1CCC(C(=O)Oc2ccc(-c3ccc(OCCCC(C)(C)C)c(F)c3F)cc2)CC1. The molecule has 0 atom stereocenters. The molecule has 1 aliphatic rings. The van der Waals surface area contributed by atoms with Crippen molar-refractivity contribution < 1.29 is 23.0 Å². The third kappa shape index (κ3) is 8.31. The summed E-state index contributed by atoms with van der Waals surface area (Å²) in [5.74, 6) is -1.10. The van der Waals surface area contributed by atoms with E-state index in [4.69, 9.17) is 9.47 Å². The van der Waals surface area contributed by atoms with Gasteiger partial charge in [-0.3, -0.25) is 4.79 Å². The van der Waals surface area contributed by atoms with Crippen LogP contribution in [0.3, 0.4) is 0 Å². The molecule has 3 rings (SSSR count). The van der Waals surface area contributed by atoms with Gasteiger partial charge in [0.25, 0.3) is 0 Å². The van der Waals surface area contributed by atoms with E-state index in [1.54, 1.807) is 24.3 Å². The molecule has 1 saturated carbocycles. The van der Waals surface area contributed by atoms with Crippen molar-refractivity contribution in [1.29, 1.82) is 0 Å². The van der Waals surface area contributed by atoms with Crippen LogP contribution in [-0.4, -0.2) is 12.6 Å². The number of esters is 1. The van der Waals surface area contributed by atoms with E-state index in [1.807, 2.05) is 0 Å². The second-order valence-electron chi connectivity index (χ2n) is 11.4. The third-order valence-corrected chi connectivity index (χ3v) is 7.16. The first-order chi connectivity index (χ1) is 17.2. The number of hydrogen-bond acceptors (Lipinski definition) is 3. The standard InChI is InChI=1S/C31H42F2O3/c1-5-6-7-9-22-10-12-24(13-11-22)30(34)36-25-16-14-23(15-17-25)26-18-19-27(29(33)28(26)32)35-21-8-20-31(2,3)4/h14-19,22,24H,5-13,20-21H2,1-4H3. The molecule has 1 aliphatic carbocycles. The van der Waals surface area contributed by atoms with Gasteiger partial charge in [-0.25, -0.2) is 4.39 Å². The van der Waals surface area contributed by atoms with Crippen molar-refractivity contribution in [3.63, 3.8) is 0 Å². The first-order valence-electron chi connectivity index (χ1n) is 13.6. The number of carbonyl (C=O) groups excluding carboxylic acids is 1. The summed E-state index contributed by atoms with van der Waals surface area (Å²) in [5.41, 5.74) is 0.831. The van der Waals surface area contributed by atoms with Crippen molar-refractivity contribution in [1.82, 2.24) is 0 Å². The van der Waals surface area contributed by atoms with Gasteiger partial charge in [0.2, 0.25) is 5.82 Å². The molecule has 0 amide bonds. The molecule has 198 valence electrons. The number of halogens is 2. The Morgan fingerprint density at radius 3 is 2.25 bits per heavy atom. The van der Waals surface area contributed by atoms with E-state index in [9.17, 15) is 13.6 Å². The zero-order valence-electron chi connectivity index (χ0n) is 22.4. The fourth-order valence-corrected chi connectivity index (χ4v) is 4.92. The molecule has 2 aromatic carbocycles. The van der Waals surface area contributed by atoms with E-state index in [0.29, 0.717) is 17.9 Å². The van der Waals surface area contributed by atoms with Gasteiger partial charge in [-0.05, 0) is 79.7 Å². The number of benzene rings is 2. The highest BCUT2D eigenvalue weighted by molar-refractivity contribution is 5.75. The van der Waals surface area contributed by atoms with E-state index < -0.39 is 11.6 Å². The molecule has 5 heteroatoms. The minimum Gasteiger partial charge on any atom is -0.490 e. The van der Waals surface area contributed by atoms with Gasteiger partial charge in [0.1, 0.15) is 5.75 Å². The maximum atomic E-state index is 14.8. The van der Waals surface area contributed by atoms with Crippen LogP contribution in [-0.2, 0) is 4.79 Å². The third-order valence-electron chi connectivity index (χ3n) is 7.16. The molecule has 1 fully saturated rings. The second-order valence-corrected chi connectivity index (χ2v) is 11.4. The Kier molecular flexibility index (Phi) is 10.3. The monoisotopic (exact) mass is 500 g/mol. The lowest BCUT2D eigenvalue weighted by Gasteiger charge is -2.27. The summed E-state index contributed by atoms with van der Waals surface area (Å²) in [6.45, 7) is 8.96. The van der Waals surface area contributed by atoms with Crippen LogP contribution in [0.4, 0.5) is 8.78 Å². The number of unbranched alkanes of at least 4 members (excludes halogenated alkanes) is 2. The number of hydrogen-bond donors (Lipinski definition) is 0. The van der Waals surface area contributed by atoms with Crippen LogP contribution in [0.25, 0.3) is 11.1 Å². The lowest BCUT2D eigenvalue weighted by Crippen LogP contribution is -2.25. The predicted molar refractivity (Wildman–Crippen MR) is 141 cm³/mol. The van der Waals surface area contributed by atoms with Gasteiger partial charge < -0.3 is 9.47 Å². The Hall–Kier alpha value is -2.43. The molecule has 0 bridgehead atoms. The molecule has 2 aromatic rings. The molecular weight excluding hydrogens is 458 g/mol. The van der Waals surface area contributed by atoms with Crippen LogP contribution in [0.1, 0.15) is 91.9 Å². The first kappa shape index (κ1) is 28.1. The molecule has 36 heavy (non-hydrogen) atoms. The molecule has 0 saturated heterocycles. The van der Waals surface area contributed by atoms with Crippen LogP contribution in [0.5, 0.6) is 11.5 Å². The van der Waals surface area contributed by atoms with Crippen molar-refractivity contribution in [2.75, 3.05) is 6.61 Å². The number of carbonyl (C=O) groups is 1. The largest absolute Gasteiger partial charge is 0.490 e. The lowest BCUT2D eigenvalue weighted by molar-refractivity contribution is -0.140. The Bertz CT molecular complexity index is 971. The summed E-state index contributed by atoms with van der Waals surface area (Å²) in [6, 6.07) is 9.56. The molecule has 0 heterocycles. The van der Waals surface area contributed by atoms with Gasteiger partial charge >= 0.3 is 5.97 Å². The normalized spacial score (nSPS) is 18.2. The van der Waals surface area contributed by atoms with Gasteiger partial charge in [-0.1, -0.05) is 65.5 Å². The Morgan fingerprint density at radius 2 is 1.61 bits per heavy atom. The molecule has 0 N–H and O–H groups in total. The fraction of sp³-hybridized carbons (Fsp3) is 0.581. The lowest BCUT2D eigenvalue weighted by atomic mass is 9.80. The number of rotatable bonds is 11. The maximum Gasteiger partial charge on any atom is 0.314 e. The quantitative estimate of drug-likeness (QED) is 0.175. The van der Waals surface area contributed by atoms with E-state index in [-0.39, 0.29) is 28.6 Å². The predicted octanol–water partition coefficient (Wildman–Crippen LogP) is 9.13. The Morgan fingerprint density at radius 1 is 0.917 bits per heavy atom. The van der Waals surface area contributed by atoms with Gasteiger partial charge in [0.15, 0.2) is 11.6 Å². The number of ether oxygens (including phenoxy) is 2. The molecule has 0 aliphatic heterocycles. The van der Waals surface area contributed by atoms with Gasteiger partial charge in [-0.2, -0.15) is 4.39 Å². The summed E-state index contributed by atoms with van der Waals surface area (Å²) < 4.78 is 40.5. The van der Waals surface area contributed by atoms with Crippen LogP contribution < -0.4 is 9.47 Å². The Balaban J connectivity index is 1.53. The zero-order valence-corrected chi connectivity index (χ0v) is 22.4. The molecular formula is C31H42F2O3. The topological polar surface area (TPSA) is 35.5 Å². The van der Waals surface area contributed by atoms with Crippen LogP contribution in [0, 0.1) is 28.9 Å². The van der Waals surface area contributed by atoms with Crippen LogP contribution in [0.2, 0.25) is 0 Å². The van der Waals surface area contributed by atoms with Gasteiger partial charge in [0.05, 0.1) is 12.5 Å². The minimum absolute atomic E-state index is 0.0606. The van der Waals surface area contributed by atoms with E-state index in [2.05, 4.69) is 27.7 Å². The fourth-order valence-electron chi connectivity index (χ4n) is 4.92. The Labute approximate surface area is 215 Å². The summed E-state index contributed by atoms with van der Waals surface area (Å²) >= 11 is 0. The van der Waals surface area contributed by atoms with Crippen molar-refractivity contribution in [3.8, 4) is 22.6 Å². The molecule has 0 spiro atoms. The van der Waals surface area contributed by atoms with E-state index in [1.165, 1.54) is 37.8 Å².